The van der Waals surface area contributed by atoms with E-state index in [0.717, 1.165) is 61.4 Å². The smallest absolute Gasteiger partial charge is 0.272 e. The van der Waals surface area contributed by atoms with Gasteiger partial charge in [0, 0.05) is 37.1 Å². The number of hydrogen-bond acceptors (Lipinski definition) is 4. The van der Waals surface area contributed by atoms with E-state index in [9.17, 15) is 4.79 Å². The number of benzene rings is 1. The molecule has 0 bridgehead atoms. The summed E-state index contributed by atoms with van der Waals surface area (Å²) in [4.78, 5) is 20.1. The fraction of sp³-hybridized carbons (Fsp3) is 0.423. The Morgan fingerprint density at radius 2 is 1.69 bits per heavy atom. The zero-order chi connectivity index (χ0) is 21.8. The molecule has 0 radical (unpaired) electrons. The van der Waals surface area contributed by atoms with Crippen molar-refractivity contribution in [3.63, 3.8) is 0 Å². The molecule has 0 spiro atoms. The van der Waals surface area contributed by atoms with Gasteiger partial charge in [-0.15, -0.1) is 0 Å². The first-order valence-electron chi connectivity index (χ1n) is 11.9. The standard InChI is InChI=1S/C26H31N5O/c32-26(28-19-20-14-15-24(27-18-20)30-16-8-3-9-17-30)25-22-12-6-2-7-13-23(22)31(29-25)21-10-4-1-5-11-21/h1,4-5,10-11,14-15,18H,2-3,6-9,12-13,16-17,19H2,(H,28,32). The number of anilines is 1. The van der Waals surface area contributed by atoms with Crippen LogP contribution in [0.4, 0.5) is 5.82 Å². The highest BCUT2D eigenvalue weighted by atomic mass is 16.1. The zero-order valence-corrected chi connectivity index (χ0v) is 18.6. The summed E-state index contributed by atoms with van der Waals surface area (Å²) in [6.07, 6.45) is 11.0. The summed E-state index contributed by atoms with van der Waals surface area (Å²) in [6.45, 7) is 2.62. The summed E-state index contributed by atoms with van der Waals surface area (Å²) >= 11 is 0. The molecule has 3 heterocycles. The molecule has 1 saturated heterocycles. The maximum Gasteiger partial charge on any atom is 0.272 e. The van der Waals surface area contributed by atoms with Crippen LogP contribution in [-0.2, 0) is 19.4 Å². The van der Waals surface area contributed by atoms with E-state index in [0.29, 0.717) is 12.2 Å². The van der Waals surface area contributed by atoms with Gasteiger partial charge in [0.25, 0.3) is 5.91 Å². The molecule has 1 aliphatic carbocycles. The van der Waals surface area contributed by atoms with Gasteiger partial charge >= 0.3 is 0 Å². The molecule has 0 unspecified atom stereocenters. The molecular weight excluding hydrogens is 398 g/mol. The van der Waals surface area contributed by atoms with Crippen molar-refractivity contribution in [1.82, 2.24) is 20.1 Å². The molecular formula is C26H31N5O. The molecule has 6 nitrogen and oxygen atoms in total. The lowest BCUT2D eigenvalue weighted by Gasteiger charge is -2.27. The van der Waals surface area contributed by atoms with Crippen molar-refractivity contribution in [2.75, 3.05) is 18.0 Å². The molecule has 1 fully saturated rings. The Hall–Kier alpha value is -3.15. The number of para-hydroxylation sites is 1. The normalized spacial score (nSPS) is 16.3. The van der Waals surface area contributed by atoms with Crippen LogP contribution in [0.1, 0.15) is 65.8 Å². The number of fused-ring (bicyclic) bond motifs is 1. The Morgan fingerprint density at radius 3 is 2.47 bits per heavy atom. The number of amides is 1. The van der Waals surface area contributed by atoms with E-state index in [1.165, 1.54) is 31.4 Å². The molecule has 6 heteroatoms. The van der Waals surface area contributed by atoms with E-state index >= 15 is 0 Å². The SMILES string of the molecule is O=C(NCc1ccc(N2CCCCC2)nc1)c1nn(-c2ccccc2)c2c1CCCCC2. The second-order valence-corrected chi connectivity index (χ2v) is 8.84. The second kappa shape index (κ2) is 9.55. The molecule has 5 rings (SSSR count). The van der Waals surface area contributed by atoms with E-state index in [4.69, 9.17) is 5.10 Å². The number of aromatic nitrogens is 3. The topological polar surface area (TPSA) is 63.1 Å². The molecule has 0 saturated carbocycles. The highest BCUT2D eigenvalue weighted by Crippen LogP contribution is 2.26. The van der Waals surface area contributed by atoms with Gasteiger partial charge in [0.2, 0.25) is 0 Å². The zero-order valence-electron chi connectivity index (χ0n) is 18.6. The van der Waals surface area contributed by atoms with Crippen molar-refractivity contribution in [2.45, 2.75) is 57.9 Å². The third-order valence-electron chi connectivity index (χ3n) is 6.59. The summed E-state index contributed by atoms with van der Waals surface area (Å²) in [5, 5.41) is 7.85. The van der Waals surface area contributed by atoms with E-state index in [1.54, 1.807) is 0 Å². The quantitative estimate of drug-likeness (QED) is 0.609. The van der Waals surface area contributed by atoms with Crippen LogP contribution >= 0.6 is 0 Å². The van der Waals surface area contributed by atoms with Crippen molar-refractivity contribution in [3.05, 3.63) is 71.2 Å². The molecule has 166 valence electrons. The van der Waals surface area contributed by atoms with Gasteiger partial charge in [0.05, 0.1) is 5.69 Å². The molecule has 32 heavy (non-hydrogen) atoms. The Bertz CT molecular complexity index is 1050. The molecule has 1 N–H and O–H groups in total. The number of hydrogen-bond donors (Lipinski definition) is 1. The Kier molecular flexibility index (Phi) is 6.19. The summed E-state index contributed by atoms with van der Waals surface area (Å²) < 4.78 is 1.98. The van der Waals surface area contributed by atoms with Gasteiger partial charge in [0.15, 0.2) is 5.69 Å². The minimum Gasteiger partial charge on any atom is -0.357 e. The predicted octanol–water partition coefficient (Wildman–Crippen LogP) is 4.46. The number of carbonyl (C=O) groups is 1. The van der Waals surface area contributed by atoms with Gasteiger partial charge in [-0.1, -0.05) is 30.7 Å². The van der Waals surface area contributed by atoms with Gasteiger partial charge in [-0.3, -0.25) is 4.79 Å². The highest BCUT2D eigenvalue weighted by molar-refractivity contribution is 5.94. The molecule has 2 aliphatic rings. The van der Waals surface area contributed by atoms with Crippen LogP contribution < -0.4 is 10.2 Å². The van der Waals surface area contributed by atoms with E-state index in [1.807, 2.05) is 29.1 Å². The summed E-state index contributed by atoms with van der Waals surface area (Å²) in [5.41, 5.74) is 4.90. The minimum atomic E-state index is -0.0991. The van der Waals surface area contributed by atoms with Gasteiger partial charge in [0.1, 0.15) is 5.82 Å². The van der Waals surface area contributed by atoms with Crippen molar-refractivity contribution < 1.29 is 4.79 Å². The summed E-state index contributed by atoms with van der Waals surface area (Å²) in [7, 11) is 0. The fourth-order valence-corrected chi connectivity index (χ4v) is 4.84. The summed E-state index contributed by atoms with van der Waals surface area (Å²) in [5.74, 6) is 0.935. The molecule has 1 amide bonds. The van der Waals surface area contributed by atoms with Crippen LogP contribution in [0.15, 0.2) is 48.7 Å². The Labute approximate surface area is 189 Å². The number of nitrogens with one attached hydrogen (secondary N) is 1. The average Bonchev–Trinajstić information content (AvgIpc) is 3.05. The van der Waals surface area contributed by atoms with Crippen molar-refractivity contribution >= 4 is 11.7 Å². The third-order valence-corrected chi connectivity index (χ3v) is 6.59. The minimum absolute atomic E-state index is 0.0991. The molecule has 1 aromatic carbocycles. The first kappa shape index (κ1) is 20.7. The van der Waals surface area contributed by atoms with Crippen LogP contribution in [0, 0.1) is 0 Å². The number of nitrogens with zero attached hydrogens (tertiary/aromatic N) is 4. The molecule has 2 aromatic heterocycles. The van der Waals surface area contributed by atoms with Crippen molar-refractivity contribution in [3.8, 4) is 5.69 Å². The van der Waals surface area contributed by atoms with Crippen LogP contribution in [0.2, 0.25) is 0 Å². The van der Waals surface area contributed by atoms with E-state index in [2.05, 4.69) is 39.5 Å². The van der Waals surface area contributed by atoms with Crippen LogP contribution in [0.5, 0.6) is 0 Å². The Balaban J connectivity index is 1.31. The van der Waals surface area contributed by atoms with Crippen LogP contribution in [0.25, 0.3) is 5.69 Å². The van der Waals surface area contributed by atoms with Gasteiger partial charge in [-0.05, 0) is 68.7 Å². The Morgan fingerprint density at radius 1 is 0.906 bits per heavy atom. The lowest BCUT2D eigenvalue weighted by molar-refractivity contribution is 0.0944. The maximum absolute atomic E-state index is 13.1. The number of rotatable bonds is 5. The fourth-order valence-electron chi connectivity index (χ4n) is 4.84. The monoisotopic (exact) mass is 429 g/mol. The van der Waals surface area contributed by atoms with Crippen LogP contribution in [-0.4, -0.2) is 33.8 Å². The molecule has 1 aliphatic heterocycles. The first-order valence-corrected chi connectivity index (χ1v) is 11.9. The lowest BCUT2D eigenvalue weighted by atomic mass is 10.1. The lowest BCUT2D eigenvalue weighted by Crippen LogP contribution is -2.30. The molecule has 0 atom stereocenters. The predicted molar refractivity (Wildman–Crippen MR) is 126 cm³/mol. The van der Waals surface area contributed by atoms with Gasteiger partial charge in [-0.25, -0.2) is 9.67 Å². The van der Waals surface area contributed by atoms with Crippen molar-refractivity contribution in [2.24, 2.45) is 0 Å². The van der Waals surface area contributed by atoms with E-state index < -0.39 is 0 Å². The average molecular weight is 430 g/mol. The highest BCUT2D eigenvalue weighted by Gasteiger charge is 2.24. The van der Waals surface area contributed by atoms with E-state index in [-0.39, 0.29) is 5.91 Å². The van der Waals surface area contributed by atoms with Gasteiger partial charge < -0.3 is 10.2 Å². The number of carbonyl (C=O) groups excluding carboxylic acids is 1. The number of piperidine rings is 1. The summed E-state index contributed by atoms with van der Waals surface area (Å²) in [6, 6.07) is 14.3. The number of pyridine rings is 1. The third kappa shape index (κ3) is 4.40. The molecule has 3 aromatic rings. The maximum atomic E-state index is 13.1. The second-order valence-electron chi connectivity index (χ2n) is 8.84. The van der Waals surface area contributed by atoms with Crippen LogP contribution in [0.3, 0.4) is 0 Å². The first-order chi connectivity index (χ1) is 15.8. The largest absolute Gasteiger partial charge is 0.357 e. The van der Waals surface area contributed by atoms with Gasteiger partial charge in [-0.2, -0.15) is 5.10 Å². The van der Waals surface area contributed by atoms with Crippen molar-refractivity contribution in [1.29, 1.82) is 0 Å².